The third-order valence-corrected chi connectivity index (χ3v) is 7.58. The number of benzene rings is 2. The summed E-state index contributed by atoms with van der Waals surface area (Å²) in [5.41, 5.74) is 2.23. The van der Waals surface area contributed by atoms with E-state index in [0.717, 1.165) is 29.3 Å². The predicted molar refractivity (Wildman–Crippen MR) is 125 cm³/mol. The fourth-order valence-electron chi connectivity index (χ4n) is 5.58. The smallest absolute Gasteiger partial charge is 0.338 e. The van der Waals surface area contributed by atoms with Crippen LogP contribution in [0.4, 0.5) is 11.4 Å². The zero-order valence-electron chi connectivity index (χ0n) is 18.0. The average molecular weight is 511 g/mol. The van der Waals surface area contributed by atoms with Crippen LogP contribution in [0, 0.1) is 30.6 Å². The van der Waals surface area contributed by atoms with E-state index >= 15 is 0 Å². The molecule has 0 aromatic heterocycles. The van der Waals surface area contributed by atoms with Gasteiger partial charge in [-0.1, -0.05) is 15.9 Å². The Balaban J connectivity index is 1.20. The van der Waals surface area contributed by atoms with Crippen LogP contribution in [0.2, 0.25) is 0 Å². The van der Waals surface area contributed by atoms with E-state index in [-0.39, 0.29) is 29.2 Å². The van der Waals surface area contributed by atoms with Crippen LogP contribution < -0.4 is 10.2 Å². The second-order valence-electron chi connectivity index (χ2n) is 9.03. The Morgan fingerprint density at radius 2 is 1.67 bits per heavy atom. The van der Waals surface area contributed by atoms with Crippen LogP contribution >= 0.6 is 15.9 Å². The van der Waals surface area contributed by atoms with Crippen LogP contribution in [0.3, 0.4) is 0 Å². The number of amides is 3. The maximum absolute atomic E-state index is 12.9. The highest BCUT2D eigenvalue weighted by molar-refractivity contribution is 9.10. The molecule has 2 aromatic rings. The molecule has 2 aliphatic carbocycles. The number of carbonyl (C=O) groups excluding carboxylic acids is 4. The molecular weight excluding hydrogens is 488 g/mol. The Labute approximate surface area is 199 Å². The van der Waals surface area contributed by atoms with Gasteiger partial charge in [0.2, 0.25) is 11.8 Å². The lowest BCUT2D eigenvalue weighted by Gasteiger charge is -2.19. The van der Waals surface area contributed by atoms with Crippen molar-refractivity contribution in [3.8, 4) is 0 Å². The van der Waals surface area contributed by atoms with Gasteiger partial charge >= 0.3 is 5.97 Å². The topological polar surface area (TPSA) is 92.8 Å². The number of esters is 1. The molecule has 2 aromatic carbocycles. The number of hydrogen-bond acceptors (Lipinski definition) is 5. The van der Waals surface area contributed by atoms with Gasteiger partial charge in [0.1, 0.15) is 0 Å². The third kappa shape index (κ3) is 3.86. The Hall–Kier alpha value is -3.00. The van der Waals surface area contributed by atoms with Gasteiger partial charge in [-0.15, -0.1) is 0 Å². The summed E-state index contributed by atoms with van der Waals surface area (Å²) in [6.07, 6.45) is 3.04. The molecule has 0 spiro atoms. The van der Waals surface area contributed by atoms with Gasteiger partial charge < -0.3 is 10.1 Å². The van der Waals surface area contributed by atoms with E-state index in [4.69, 9.17) is 4.74 Å². The lowest BCUT2D eigenvalue weighted by atomic mass is 9.81. The van der Waals surface area contributed by atoms with Crippen molar-refractivity contribution in [2.45, 2.75) is 26.2 Å². The number of anilines is 2. The van der Waals surface area contributed by atoms with Crippen molar-refractivity contribution in [2.24, 2.45) is 23.7 Å². The fraction of sp³-hybridized carbons (Fsp3) is 0.360. The van der Waals surface area contributed by atoms with Crippen molar-refractivity contribution in [1.82, 2.24) is 0 Å². The Morgan fingerprint density at radius 3 is 2.27 bits per heavy atom. The summed E-state index contributed by atoms with van der Waals surface area (Å²) in [6, 6.07) is 11.6. The van der Waals surface area contributed by atoms with E-state index in [9.17, 15) is 19.2 Å². The number of ether oxygens (including phenoxy) is 1. The van der Waals surface area contributed by atoms with Crippen LogP contribution in [-0.4, -0.2) is 30.3 Å². The molecule has 170 valence electrons. The van der Waals surface area contributed by atoms with Crippen LogP contribution in [0.1, 0.15) is 35.2 Å². The van der Waals surface area contributed by atoms with Crippen LogP contribution in [0.15, 0.2) is 46.9 Å². The molecule has 0 unspecified atom stereocenters. The number of aryl methyl sites for hydroxylation is 1. The molecule has 1 heterocycles. The first kappa shape index (κ1) is 21.8. The Bertz CT molecular complexity index is 1130. The van der Waals surface area contributed by atoms with Gasteiger partial charge in [-0.3, -0.25) is 19.3 Å². The molecule has 0 radical (unpaired) electrons. The molecule has 3 fully saturated rings. The summed E-state index contributed by atoms with van der Waals surface area (Å²) < 4.78 is 6.03. The van der Waals surface area contributed by atoms with Gasteiger partial charge in [-0.25, -0.2) is 4.79 Å². The van der Waals surface area contributed by atoms with Gasteiger partial charge in [-0.05, 0) is 86.1 Å². The largest absolute Gasteiger partial charge is 0.452 e. The van der Waals surface area contributed by atoms with E-state index < -0.39 is 18.5 Å². The van der Waals surface area contributed by atoms with E-state index in [1.165, 1.54) is 17.0 Å². The van der Waals surface area contributed by atoms with Gasteiger partial charge in [0.15, 0.2) is 6.61 Å². The molecule has 1 saturated heterocycles. The molecule has 5 rings (SSSR count). The molecule has 7 nitrogen and oxygen atoms in total. The highest BCUT2D eigenvalue weighted by Gasteiger charge is 2.61. The van der Waals surface area contributed by atoms with Crippen molar-refractivity contribution in [1.29, 1.82) is 0 Å². The van der Waals surface area contributed by atoms with Gasteiger partial charge in [0, 0.05) is 10.2 Å². The number of nitrogens with zero attached hydrogens (tertiary/aromatic N) is 1. The molecule has 8 heteroatoms. The molecule has 3 amide bonds. The van der Waals surface area contributed by atoms with Crippen molar-refractivity contribution >= 4 is 51.0 Å². The molecule has 1 N–H and O–H groups in total. The highest BCUT2D eigenvalue weighted by Crippen LogP contribution is 2.56. The third-order valence-electron chi connectivity index (χ3n) is 7.09. The minimum atomic E-state index is -0.654. The van der Waals surface area contributed by atoms with E-state index in [1.807, 2.05) is 19.1 Å². The van der Waals surface area contributed by atoms with Gasteiger partial charge in [0.25, 0.3) is 5.91 Å². The standard InChI is InChI=1S/C25H23BrN2O5/c1-13-10-17(26)6-9-19(13)27-20(29)12-33-25(32)14-4-7-18(8-5-14)28-23(30)21-15-2-3-16(11-15)22(21)24(28)31/h4-10,15-16,21-22H,2-3,11-12H2,1H3,(H,27,29)/t15-,16-,21-,22-/m0/s1. The SMILES string of the molecule is Cc1cc(Br)ccc1NC(=O)COC(=O)c1ccc(N2C(=O)[C@H]3[C@H]4CC[C@@H](C4)[C@@H]3C2=O)cc1. The number of hydrogen-bond donors (Lipinski definition) is 1. The lowest BCUT2D eigenvalue weighted by Crippen LogP contribution is -2.32. The number of fused-ring (bicyclic) bond motifs is 5. The molecule has 2 bridgehead atoms. The molecule has 33 heavy (non-hydrogen) atoms. The van der Waals surface area contributed by atoms with Crippen LogP contribution in [0.25, 0.3) is 0 Å². The minimum Gasteiger partial charge on any atom is -0.452 e. The summed E-state index contributed by atoms with van der Waals surface area (Å²) in [5, 5.41) is 2.71. The first-order valence-electron chi connectivity index (χ1n) is 11.0. The first-order valence-corrected chi connectivity index (χ1v) is 11.8. The summed E-state index contributed by atoms with van der Waals surface area (Å²) in [7, 11) is 0. The normalized spacial score (nSPS) is 25.3. The van der Waals surface area contributed by atoms with E-state index in [1.54, 1.807) is 18.2 Å². The van der Waals surface area contributed by atoms with Gasteiger partial charge in [0.05, 0.1) is 23.1 Å². The molecule has 1 aliphatic heterocycles. The number of carbonyl (C=O) groups is 4. The molecule has 2 saturated carbocycles. The Morgan fingerprint density at radius 1 is 1.03 bits per heavy atom. The quantitative estimate of drug-likeness (QED) is 0.483. The zero-order chi connectivity index (χ0) is 23.3. The number of imide groups is 1. The lowest BCUT2D eigenvalue weighted by molar-refractivity contribution is -0.123. The summed E-state index contributed by atoms with van der Waals surface area (Å²) in [4.78, 5) is 51.7. The maximum atomic E-state index is 12.9. The first-order chi connectivity index (χ1) is 15.8. The van der Waals surface area contributed by atoms with Crippen molar-refractivity contribution in [3.63, 3.8) is 0 Å². The zero-order valence-corrected chi connectivity index (χ0v) is 19.6. The molecular formula is C25H23BrN2O5. The monoisotopic (exact) mass is 510 g/mol. The second kappa shape index (κ2) is 8.41. The van der Waals surface area contributed by atoms with Gasteiger partial charge in [-0.2, -0.15) is 0 Å². The second-order valence-corrected chi connectivity index (χ2v) is 9.94. The van der Waals surface area contributed by atoms with Crippen LogP contribution in [-0.2, 0) is 19.1 Å². The van der Waals surface area contributed by atoms with Crippen LogP contribution in [0.5, 0.6) is 0 Å². The summed E-state index contributed by atoms with van der Waals surface area (Å²) in [5.74, 6) is -1.06. The average Bonchev–Trinajstić information content (AvgIpc) is 3.48. The highest BCUT2D eigenvalue weighted by atomic mass is 79.9. The number of halogens is 1. The van der Waals surface area contributed by atoms with Crippen molar-refractivity contribution in [2.75, 3.05) is 16.8 Å². The maximum Gasteiger partial charge on any atom is 0.338 e. The van der Waals surface area contributed by atoms with E-state index in [2.05, 4.69) is 21.2 Å². The summed E-state index contributed by atoms with van der Waals surface area (Å²) in [6.45, 7) is 1.44. The van der Waals surface area contributed by atoms with Crippen molar-refractivity contribution < 1.29 is 23.9 Å². The summed E-state index contributed by atoms with van der Waals surface area (Å²) >= 11 is 3.37. The predicted octanol–water partition coefficient (Wildman–Crippen LogP) is 4.09. The molecule has 4 atom stereocenters. The van der Waals surface area contributed by atoms with E-state index in [0.29, 0.717) is 23.2 Å². The van der Waals surface area contributed by atoms with Crippen molar-refractivity contribution in [3.05, 3.63) is 58.1 Å². The number of nitrogens with one attached hydrogen (secondary N) is 1. The Kier molecular flexibility index (Phi) is 5.56. The fourth-order valence-corrected chi connectivity index (χ4v) is 6.05. The minimum absolute atomic E-state index is 0.118. The number of rotatable bonds is 5. The molecule has 3 aliphatic rings.